The van der Waals surface area contributed by atoms with Gasteiger partial charge in [-0.2, -0.15) is 5.26 Å². The number of halogens is 2. The largest absolute Gasteiger partial charge is 0.337 e. The Balaban J connectivity index is 2.21. The second-order valence-corrected chi connectivity index (χ2v) is 5.00. The van der Waals surface area contributed by atoms with Gasteiger partial charge in [0.15, 0.2) is 0 Å². The molecule has 1 aliphatic heterocycles. The van der Waals surface area contributed by atoms with E-state index in [4.69, 9.17) is 28.5 Å². The second kappa shape index (κ2) is 5.55. The number of rotatable bonds is 1. The predicted molar refractivity (Wildman–Crippen MR) is 68.5 cm³/mol. The number of likely N-dealkylation sites (tertiary alicyclic amines) is 1. The minimum Gasteiger partial charge on any atom is -0.337 e. The Morgan fingerprint density at radius 1 is 1.56 bits per heavy atom. The highest BCUT2D eigenvalue weighted by Gasteiger charge is 2.25. The molecule has 0 N–H and O–H groups in total. The molecule has 1 atom stereocenters. The Hall–Kier alpha value is -1.31. The van der Waals surface area contributed by atoms with Crippen molar-refractivity contribution in [2.45, 2.75) is 12.8 Å². The van der Waals surface area contributed by atoms with Gasteiger partial charge in [-0.15, -0.1) is 0 Å². The number of hydrogen-bond donors (Lipinski definition) is 0. The van der Waals surface area contributed by atoms with Crippen LogP contribution in [-0.4, -0.2) is 28.9 Å². The van der Waals surface area contributed by atoms with Gasteiger partial charge in [0.2, 0.25) is 0 Å². The summed E-state index contributed by atoms with van der Waals surface area (Å²) < 4.78 is 0. The lowest BCUT2D eigenvalue weighted by Gasteiger charge is -2.29. The monoisotopic (exact) mass is 283 g/mol. The van der Waals surface area contributed by atoms with E-state index in [1.54, 1.807) is 4.90 Å². The van der Waals surface area contributed by atoms with Gasteiger partial charge in [-0.3, -0.25) is 4.79 Å². The summed E-state index contributed by atoms with van der Waals surface area (Å²) in [6.07, 6.45) is 3.04. The molecule has 0 saturated carbocycles. The highest BCUT2D eigenvalue weighted by Crippen LogP contribution is 2.23. The fraction of sp³-hybridized carbons (Fsp3) is 0.417. The SMILES string of the molecule is N#CC1CCCN(C(=O)c2cc(Cl)ncc2Cl)C1. The van der Waals surface area contributed by atoms with Crippen LogP contribution >= 0.6 is 23.2 Å². The smallest absolute Gasteiger partial charge is 0.255 e. The van der Waals surface area contributed by atoms with Gasteiger partial charge in [0.25, 0.3) is 5.91 Å². The summed E-state index contributed by atoms with van der Waals surface area (Å²) >= 11 is 11.7. The number of amides is 1. The maximum absolute atomic E-state index is 12.3. The van der Waals surface area contributed by atoms with E-state index in [-0.39, 0.29) is 22.0 Å². The molecule has 2 heterocycles. The highest BCUT2D eigenvalue weighted by molar-refractivity contribution is 6.35. The first-order valence-electron chi connectivity index (χ1n) is 5.61. The average molecular weight is 284 g/mol. The van der Waals surface area contributed by atoms with Crippen LogP contribution in [-0.2, 0) is 0 Å². The van der Waals surface area contributed by atoms with E-state index in [0.717, 1.165) is 12.8 Å². The van der Waals surface area contributed by atoms with Gasteiger partial charge in [-0.05, 0) is 18.9 Å². The second-order valence-electron chi connectivity index (χ2n) is 4.21. The number of carbonyl (C=O) groups excluding carboxylic acids is 1. The maximum Gasteiger partial charge on any atom is 0.255 e. The summed E-state index contributed by atoms with van der Waals surface area (Å²) in [6.45, 7) is 1.10. The van der Waals surface area contributed by atoms with Crippen LogP contribution in [0.4, 0.5) is 0 Å². The zero-order valence-electron chi connectivity index (χ0n) is 9.57. The zero-order valence-corrected chi connectivity index (χ0v) is 11.1. The molecule has 6 heteroatoms. The molecule has 0 aliphatic carbocycles. The Morgan fingerprint density at radius 2 is 2.33 bits per heavy atom. The number of hydrogen-bond acceptors (Lipinski definition) is 3. The Labute approximate surface area is 115 Å². The fourth-order valence-corrected chi connectivity index (χ4v) is 2.36. The summed E-state index contributed by atoms with van der Waals surface area (Å²) in [4.78, 5) is 17.7. The van der Waals surface area contributed by atoms with Crippen molar-refractivity contribution in [1.29, 1.82) is 5.26 Å². The molecule has 1 aromatic rings. The molecule has 1 aliphatic rings. The zero-order chi connectivity index (χ0) is 13.1. The first-order chi connectivity index (χ1) is 8.61. The van der Waals surface area contributed by atoms with Crippen LogP contribution in [0.3, 0.4) is 0 Å². The van der Waals surface area contributed by atoms with Crippen molar-refractivity contribution in [3.05, 3.63) is 28.0 Å². The fourth-order valence-electron chi connectivity index (χ4n) is 2.01. The van der Waals surface area contributed by atoms with Gasteiger partial charge < -0.3 is 4.90 Å². The highest BCUT2D eigenvalue weighted by atomic mass is 35.5. The van der Waals surface area contributed by atoms with E-state index < -0.39 is 0 Å². The van der Waals surface area contributed by atoms with Crippen molar-refractivity contribution in [2.75, 3.05) is 13.1 Å². The molecule has 94 valence electrons. The van der Waals surface area contributed by atoms with Crippen molar-refractivity contribution >= 4 is 29.1 Å². The molecule has 0 aromatic carbocycles. The lowest BCUT2D eigenvalue weighted by Crippen LogP contribution is -2.39. The topological polar surface area (TPSA) is 57.0 Å². The van der Waals surface area contributed by atoms with Crippen LogP contribution in [0.1, 0.15) is 23.2 Å². The molecule has 1 unspecified atom stereocenters. The van der Waals surface area contributed by atoms with Crippen LogP contribution in [0.2, 0.25) is 10.2 Å². The molecule has 2 rings (SSSR count). The van der Waals surface area contributed by atoms with Crippen LogP contribution in [0.15, 0.2) is 12.3 Å². The Bertz CT molecular complexity index is 513. The molecule has 1 fully saturated rings. The van der Waals surface area contributed by atoms with Gasteiger partial charge in [0.05, 0.1) is 22.6 Å². The van der Waals surface area contributed by atoms with Gasteiger partial charge in [-0.25, -0.2) is 4.98 Å². The van der Waals surface area contributed by atoms with Gasteiger partial charge >= 0.3 is 0 Å². The average Bonchev–Trinajstić information content (AvgIpc) is 2.41. The van der Waals surface area contributed by atoms with Crippen molar-refractivity contribution < 1.29 is 4.79 Å². The maximum atomic E-state index is 12.3. The summed E-state index contributed by atoms with van der Waals surface area (Å²) in [5, 5.41) is 9.43. The van der Waals surface area contributed by atoms with Gasteiger partial charge in [-0.1, -0.05) is 23.2 Å². The molecule has 4 nitrogen and oxygen atoms in total. The number of aromatic nitrogens is 1. The molecule has 1 saturated heterocycles. The molecule has 18 heavy (non-hydrogen) atoms. The van der Waals surface area contributed by atoms with Crippen molar-refractivity contribution in [1.82, 2.24) is 9.88 Å². The third-order valence-electron chi connectivity index (χ3n) is 2.94. The summed E-state index contributed by atoms with van der Waals surface area (Å²) in [5.74, 6) is -0.289. The van der Waals surface area contributed by atoms with Crippen LogP contribution < -0.4 is 0 Å². The van der Waals surface area contributed by atoms with E-state index in [1.807, 2.05) is 0 Å². The normalized spacial score (nSPS) is 19.4. The van der Waals surface area contributed by atoms with Crippen LogP contribution in [0.5, 0.6) is 0 Å². The summed E-state index contributed by atoms with van der Waals surface area (Å²) in [5.41, 5.74) is 0.343. The van der Waals surface area contributed by atoms with E-state index in [2.05, 4.69) is 11.1 Å². The molecule has 0 bridgehead atoms. The van der Waals surface area contributed by atoms with E-state index in [9.17, 15) is 4.79 Å². The van der Waals surface area contributed by atoms with E-state index >= 15 is 0 Å². The minimum absolute atomic E-state index is 0.0983. The van der Waals surface area contributed by atoms with Gasteiger partial charge in [0, 0.05) is 19.3 Å². The number of nitrogens with zero attached hydrogens (tertiary/aromatic N) is 3. The lowest BCUT2D eigenvalue weighted by atomic mass is 9.99. The van der Waals surface area contributed by atoms with Crippen LogP contribution in [0.25, 0.3) is 0 Å². The standard InChI is InChI=1S/C12H11Cl2N3O/c13-10-6-16-11(14)4-9(10)12(18)17-3-1-2-8(5-15)7-17/h4,6,8H,1-3,7H2. The summed E-state index contributed by atoms with van der Waals surface area (Å²) in [6, 6.07) is 3.66. The lowest BCUT2D eigenvalue weighted by molar-refractivity contribution is 0.0699. The van der Waals surface area contributed by atoms with Crippen molar-refractivity contribution in [3.63, 3.8) is 0 Å². The third-order valence-corrected chi connectivity index (χ3v) is 3.45. The number of pyridine rings is 1. The van der Waals surface area contributed by atoms with Gasteiger partial charge in [0.1, 0.15) is 5.15 Å². The molecule has 0 spiro atoms. The van der Waals surface area contributed by atoms with Crippen molar-refractivity contribution in [3.8, 4) is 6.07 Å². The molecule has 1 aromatic heterocycles. The molecule has 1 amide bonds. The molecule has 0 radical (unpaired) electrons. The molecular weight excluding hydrogens is 273 g/mol. The third kappa shape index (κ3) is 2.74. The quantitative estimate of drug-likeness (QED) is 0.745. The minimum atomic E-state index is -0.191. The van der Waals surface area contributed by atoms with Crippen LogP contribution in [0, 0.1) is 17.2 Å². The van der Waals surface area contributed by atoms with Crippen molar-refractivity contribution in [2.24, 2.45) is 5.92 Å². The Kier molecular flexibility index (Phi) is 4.05. The number of piperidine rings is 1. The number of carbonyl (C=O) groups is 1. The van der Waals surface area contributed by atoms with E-state index in [0.29, 0.717) is 18.7 Å². The first kappa shape index (κ1) is 13.1. The molecular formula is C12H11Cl2N3O. The number of nitriles is 1. The van der Waals surface area contributed by atoms with E-state index in [1.165, 1.54) is 12.3 Å². The summed E-state index contributed by atoms with van der Waals surface area (Å²) in [7, 11) is 0. The first-order valence-corrected chi connectivity index (χ1v) is 6.37. The Morgan fingerprint density at radius 3 is 3.06 bits per heavy atom. The predicted octanol–water partition coefficient (Wildman–Crippen LogP) is 2.76.